The highest BCUT2D eigenvalue weighted by atomic mass is 32.2. The number of aromatic nitrogens is 2. The number of halogens is 1. The van der Waals surface area contributed by atoms with E-state index < -0.39 is 31.2 Å². The van der Waals surface area contributed by atoms with E-state index in [2.05, 4.69) is 25.5 Å². The first-order valence-corrected chi connectivity index (χ1v) is 26.0. The number of amides is 1. The number of thiazole rings is 2. The van der Waals surface area contributed by atoms with Gasteiger partial charge in [0.1, 0.15) is 17.3 Å². The number of hydrogen-bond donors (Lipinski definition) is 2. The Kier molecular flexibility index (Phi) is 13.4. The highest BCUT2D eigenvalue weighted by molar-refractivity contribution is 7.99. The molecule has 1 saturated heterocycles. The van der Waals surface area contributed by atoms with Crippen LogP contribution in [0.2, 0.25) is 0 Å². The SMILES string of the molecule is CS(=O)(=O)c1cc(S(=O)(=O)CC(=O)c2csc(N3CCc4cccc(C(=O)Nc5nc6ccc(F)cc6s5)c4C3)n2)ccc1N[C@H](CCN1CCOCC1)CSc1ccccc1. The van der Waals surface area contributed by atoms with Gasteiger partial charge in [0.25, 0.3) is 5.91 Å². The molecule has 19 heteroatoms. The summed E-state index contributed by atoms with van der Waals surface area (Å²) in [6, 6.07) is 23.4. The molecule has 1 amide bonds. The number of thioether (sulfide) groups is 1. The van der Waals surface area contributed by atoms with Crippen LogP contribution in [0.4, 0.5) is 20.3 Å². The molecule has 0 aliphatic carbocycles. The summed E-state index contributed by atoms with van der Waals surface area (Å²) in [4.78, 5) is 40.9. The fourth-order valence-corrected chi connectivity index (χ4v) is 12.3. The molecule has 2 N–H and O–H groups in total. The Balaban J connectivity index is 0.948. The van der Waals surface area contributed by atoms with E-state index in [9.17, 15) is 30.8 Å². The van der Waals surface area contributed by atoms with Crippen LogP contribution in [0.5, 0.6) is 0 Å². The van der Waals surface area contributed by atoms with Crippen molar-refractivity contribution in [2.45, 2.75) is 40.1 Å². The molecule has 0 spiro atoms. The number of rotatable bonds is 16. The van der Waals surface area contributed by atoms with Gasteiger partial charge in [0.05, 0.1) is 38.9 Å². The zero-order valence-electron chi connectivity index (χ0n) is 33.6. The first-order valence-electron chi connectivity index (χ1n) is 19.8. The molecule has 2 aliphatic heterocycles. The van der Waals surface area contributed by atoms with Crippen LogP contribution < -0.4 is 15.5 Å². The molecule has 2 aromatic heterocycles. The van der Waals surface area contributed by atoms with E-state index >= 15 is 0 Å². The Hall–Kier alpha value is -4.76. The Morgan fingerprint density at radius 2 is 1.76 bits per heavy atom. The van der Waals surface area contributed by atoms with Crippen molar-refractivity contribution in [1.82, 2.24) is 14.9 Å². The summed E-state index contributed by atoms with van der Waals surface area (Å²) in [6.45, 7) is 4.59. The van der Waals surface area contributed by atoms with Gasteiger partial charge in [-0.3, -0.25) is 19.8 Å². The van der Waals surface area contributed by atoms with Gasteiger partial charge in [0.2, 0.25) is 0 Å². The van der Waals surface area contributed by atoms with Crippen LogP contribution in [-0.2, 0) is 37.4 Å². The lowest BCUT2D eigenvalue weighted by Crippen LogP contribution is -2.39. The number of morpholine rings is 1. The fourth-order valence-electron chi connectivity index (χ4n) is 7.36. The van der Waals surface area contributed by atoms with Gasteiger partial charge in [-0.25, -0.2) is 31.2 Å². The van der Waals surface area contributed by atoms with Crippen molar-refractivity contribution in [3.05, 3.63) is 119 Å². The lowest BCUT2D eigenvalue weighted by Gasteiger charge is -2.29. The first-order chi connectivity index (χ1) is 29.8. The minimum Gasteiger partial charge on any atom is -0.380 e. The predicted molar refractivity (Wildman–Crippen MR) is 243 cm³/mol. The number of fused-ring (bicyclic) bond motifs is 2. The van der Waals surface area contributed by atoms with Crippen LogP contribution >= 0.6 is 34.4 Å². The monoisotopic (exact) mass is 934 g/mol. The molecule has 4 heterocycles. The molecule has 324 valence electrons. The predicted octanol–water partition coefficient (Wildman–Crippen LogP) is 7.06. The van der Waals surface area contributed by atoms with E-state index in [1.165, 1.54) is 52.3 Å². The number of Topliss-reactive ketones (excluding diaryl/α,β-unsaturated/α-hetero) is 1. The van der Waals surface area contributed by atoms with Crippen molar-refractivity contribution in [3.8, 4) is 0 Å². The van der Waals surface area contributed by atoms with Gasteiger partial charge in [0, 0.05) is 66.6 Å². The van der Waals surface area contributed by atoms with Gasteiger partial charge >= 0.3 is 0 Å². The van der Waals surface area contributed by atoms with Crippen LogP contribution in [0, 0.1) is 5.82 Å². The number of anilines is 3. The number of ether oxygens (including phenoxy) is 1. The van der Waals surface area contributed by atoms with Crippen LogP contribution in [0.15, 0.2) is 105 Å². The molecule has 13 nitrogen and oxygen atoms in total. The molecule has 2 aliphatic rings. The Morgan fingerprint density at radius 1 is 0.952 bits per heavy atom. The van der Waals surface area contributed by atoms with Gasteiger partial charge in [0.15, 0.2) is 35.7 Å². The zero-order valence-corrected chi connectivity index (χ0v) is 37.7. The maximum Gasteiger partial charge on any atom is 0.257 e. The summed E-state index contributed by atoms with van der Waals surface area (Å²) < 4.78 is 73.7. The van der Waals surface area contributed by atoms with Crippen LogP contribution in [0.25, 0.3) is 10.2 Å². The molecule has 0 radical (unpaired) electrons. The topological polar surface area (TPSA) is 168 Å². The standard InChI is InChI=1S/C43H43FN6O7S5/c1-61(53,54)40-23-32(11-13-36(40)45-30(15-16-49-18-20-57-21-19-49)25-58-31-7-3-2-4-8-31)62(55,56)27-38(51)37-26-59-43(47-37)50-17-14-28-6-5-9-33(34(28)24-50)41(52)48-42-46-35-12-10-29(44)22-39(35)60-42/h2-13,22-23,26,30,45H,14-21,24-25,27H2,1H3,(H,46,48,52)/t30-/m1/s1. The molecule has 0 unspecified atom stereocenters. The number of carbonyl (C=O) groups is 2. The Bertz CT molecular complexity index is 2830. The summed E-state index contributed by atoms with van der Waals surface area (Å²) in [5, 5.41) is 8.60. The normalized spacial score (nSPS) is 15.3. The summed E-state index contributed by atoms with van der Waals surface area (Å²) in [6.07, 6.45) is 2.35. The molecule has 62 heavy (non-hydrogen) atoms. The third kappa shape index (κ3) is 10.5. The highest BCUT2D eigenvalue weighted by Gasteiger charge is 2.29. The minimum absolute atomic E-state index is 0.0293. The minimum atomic E-state index is -4.29. The number of nitrogens with zero attached hydrogens (tertiary/aromatic N) is 4. The maximum atomic E-state index is 13.8. The lowest BCUT2D eigenvalue weighted by atomic mass is 9.94. The van der Waals surface area contributed by atoms with Crippen LogP contribution in [0.3, 0.4) is 0 Å². The van der Waals surface area contributed by atoms with Gasteiger partial charge in [-0.05, 0) is 78.6 Å². The van der Waals surface area contributed by atoms with Crippen molar-refractivity contribution in [2.75, 3.05) is 72.7 Å². The van der Waals surface area contributed by atoms with E-state index in [0.717, 1.165) is 48.0 Å². The maximum absolute atomic E-state index is 13.8. The second kappa shape index (κ2) is 18.9. The van der Waals surface area contributed by atoms with Crippen molar-refractivity contribution in [3.63, 3.8) is 0 Å². The van der Waals surface area contributed by atoms with E-state index in [4.69, 9.17) is 4.74 Å². The average molecular weight is 935 g/mol. The molecule has 0 saturated carbocycles. The van der Waals surface area contributed by atoms with Gasteiger partial charge in [-0.2, -0.15) is 0 Å². The van der Waals surface area contributed by atoms with Crippen LogP contribution in [-0.4, -0.2) is 107 Å². The van der Waals surface area contributed by atoms with E-state index in [1.807, 2.05) is 47.4 Å². The number of hydrogen-bond acceptors (Lipinski definition) is 15. The number of nitrogens with one attached hydrogen (secondary N) is 2. The smallest absolute Gasteiger partial charge is 0.257 e. The summed E-state index contributed by atoms with van der Waals surface area (Å²) in [5.74, 6) is -1.76. The van der Waals surface area contributed by atoms with Crippen molar-refractivity contribution in [2.24, 2.45) is 0 Å². The summed E-state index contributed by atoms with van der Waals surface area (Å²) in [5.41, 5.74) is 3.06. The van der Waals surface area contributed by atoms with Crippen molar-refractivity contribution >= 4 is 92.0 Å². The second-order valence-electron chi connectivity index (χ2n) is 15.0. The lowest BCUT2D eigenvalue weighted by molar-refractivity contribution is 0.0370. The molecule has 1 fully saturated rings. The third-order valence-electron chi connectivity index (χ3n) is 10.6. The van der Waals surface area contributed by atoms with Gasteiger partial charge < -0.3 is 15.0 Å². The Morgan fingerprint density at radius 3 is 2.55 bits per heavy atom. The number of benzene rings is 4. The molecule has 6 aromatic rings. The molecule has 1 atom stereocenters. The van der Waals surface area contributed by atoms with E-state index in [0.29, 0.717) is 76.6 Å². The third-order valence-corrected chi connectivity index (χ3v) is 16.4. The molecule has 4 aromatic carbocycles. The number of carbonyl (C=O) groups excluding carboxylic acids is 2. The summed E-state index contributed by atoms with van der Waals surface area (Å²) >= 11 is 4.01. The van der Waals surface area contributed by atoms with Crippen molar-refractivity contribution in [1.29, 1.82) is 0 Å². The molecular formula is C43H43FN6O7S5. The molecular weight excluding hydrogens is 892 g/mol. The largest absolute Gasteiger partial charge is 0.380 e. The quantitative estimate of drug-likeness (QED) is 0.0749. The molecule has 0 bridgehead atoms. The van der Waals surface area contributed by atoms with Crippen molar-refractivity contribution < 1.29 is 35.6 Å². The van der Waals surface area contributed by atoms with Gasteiger partial charge in [-0.1, -0.05) is 41.7 Å². The van der Waals surface area contributed by atoms with E-state index in [1.54, 1.807) is 23.9 Å². The highest BCUT2D eigenvalue weighted by Crippen LogP contribution is 2.33. The van der Waals surface area contributed by atoms with Crippen LogP contribution in [0.1, 0.15) is 38.4 Å². The molecule has 8 rings (SSSR count). The fraction of sp³-hybridized carbons (Fsp3) is 0.302. The average Bonchev–Trinajstić information content (AvgIpc) is 3.92. The van der Waals surface area contributed by atoms with E-state index in [-0.39, 0.29) is 33.3 Å². The zero-order chi connectivity index (χ0) is 43.4. The first kappa shape index (κ1) is 43.9. The second-order valence-corrected chi connectivity index (χ2v) is 22.0. The van der Waals surface area contributed by atoms with Gasteiger partial charge in [-0.15, -0.1) is 23.1 Å². The Labute approximate surface area is 371 Å². The number of ketones is 1. The summed E-state index contributed by atoms with van der Waals surface area (Å²) in [7, 11) is -8.20. The number of sulfone groups is 2.